The maximum atomic E-state index is 12.8. The summed E-state index contributed by atoms with van der Waals surface area (Å²) in [6.07, 6.45) is 1.51. The number of hydrogen-bond donors (Lipinski definition) is 0. The molecule has 64 valence electrons. The summed E-state index contributed by atoms with van der Waals surface area (Å²) in [7, 11) is 0. The largest absolute Gasteiger partial charge is 0.491 e. The summed E-state index contributed by atoms with van der Waals surface area (Å²) in [5, 5.41) is 0. The first-order valence-electron chi connectivity index (χ1n) is 3.51. The van der Waals surface area contributed by atoms with Crippen LogP contribution in [0.5, 0.6) is 5.75 Å². The number of hydrogen-bond acceptors (Lipinski definition) is 3. The minimum atomic E-state index is -0.553. The molecule has 0 aliphatic heterocycles. The van der Waals surface area contributed by atoms with Crippen LogP contribution in [-0.4, -0.2) is 17.9 Å². The van der Waals surface area contributed by atoms with E-state index in [0.29, 0.717) is 12.9 Å². The summed E-state index contributed by atoms with van der Waals surface area (Å²) < 4.78 is 17.7. The van der Waals surface area contributed by atoms with Gasteiger partial charge < -0.3 is 4.74 Å². The van der Waals surface area contributed by atoms with Crippen molar-refractivity contribution in [1.82, 2.24) is 4.98 Å². The Labute approximate surface area is 69.2 Å². The van der Waals surface area contributed by atoms with Crippen molar-refractivity contribution in [3.63, 3.8) is 0 Å². The Morgan fingerprint density at radius 2 is 2.50 bits per heavy atom. The number of ether oxygens (including phenoxy) is 1. The maximum Gasteiger partial charge on any atom is 0.183 e. The maximum absolute atomic E-state index is 12.8. The van der Waals surface area contributed by atoms with Crippen LogP contribution in [0.25, 0.3) is 0 Å². The molecule has 0 aliphatic carbocycles. The lowest BCUT2D eigenvalue weighted by Crippen LogP contribution is -1.97. The van der Waals surface area contributed by atoms with Gasteiger partial charge in [-0.05, 0) is 6.92 Å². The zero-order valence-electron chi connectivity index (χ0n) is 6.58. The molecule has 0 saturated carbocycles. The molecular weight excluding hydrogens is 161 g/mol. The zero-order valence-corrected chi connectivity index (χ0v) is 6.58. The molecule has 0 aliphatic rings. The van der Waals surface area contributed by atoms with E-state index >= 15 is 0 Å². The van der Waals surface area contributed by atoms with E-state index in [1.54, 1.807) is 6.92 Å². The molecule has 1 heterocycles. The number of aromatic nitrogens is 1. The fourth-order valence-electron chi connectivity index (χ4n) is 0.766. The van der Waals surface area contributed by atoms with Crippen LogP contribution >= 0.6 is 0 Å². The molecule has 0 N–H and O–H groups in total. The van der Waals surface area contributed by atoms with Crippen molar-refractivity contribution in [2.75, 3.05) is 6.61 Å². The summed E-state index contributed by atoms with van der Waals surface area (Å²) in [5.74, 6) is -0.489. The molecule has 1 aromatic heterocycles. The van der Waals surface area contributed by atoms with Gasteiger partial charge in [-0.3, -0.25) is 9.78 Å². The van der Waals surface area contributed by atoms with Crippen molar-refractivity contribution in [1.29, 1.82) is 0 Å². The van der Waals surface area contributed by atoms with Gasteiger partial charge in [0.2, 0.25) is 0 Å². The smallest absolute Gasteiger partial charge is 0.183 e. The number of nitrogens with zero attached hydrogens (tertiary/aromatic N) is 1. The third-order valence-corrected chi connectivity index (χ3v) is 1.26. The fraction of sp³-hybridized carbons (Fsp3) is 0.250. The molecular formula is C8H8FNO2. The molecule has 0 bridgehead atoms. The van der Waals surface area contributed by atoms with Gasteiger partial charge in [0.1, 0.15) is 5.69 Å². The van der Waals surface area contributed by atoms with Crippen LogP contribution in [0, 0.1) is 5.82 Å². The molecule has 4 heteroatoms. The quantitative estimate of drug-likeness (QED) is 0.642. The van der Waals surface area contributed by atoms with E-state index in [1.165, 1.54) is 6.07 Å². The molecule has 0 spiro atoms. The Bertz CT molecular complexity index is 288. The molecule has 12 heavy (non-hydrogen) atoms. The van der Waals surface area contributed by atoms with E-state index in [9.17, 15) is 9.18 Å². The molecule has 0 radical (unpaired) electrons. The molecule has 3 nitrogen and oxygen atoms in total. The third kappa shape index (κ3) is 1.78. The lowest BCUT2D eigenvalue weighted by Gasteiger charge is -2.03. The van der Waals surface area contributed by atoms with Gasteiger partial charge in [0.05, 0.1) is 12.8 Å². The number of carbonyl (C=O) groups excluding carboxylic acids is 1. The number of carbonyl (C=O) groups is 1. The Morgan fingerprint density at radius 1 is 1.75 bits per heavy atom. The van der Waals surface area contributed by atoms with Crippen LogP contribution in [0.4, 0.5) is 4.39 Å². The van der Waals surface area contributed by atoms with E-state index < -0.39 is 5.82 Å². The van der Waals surface area contributed by atoms with Crippen molar-refractivity contribution in [3.8, 4) is 5.75 Å². The van der Waals surface area contributed by atoms with Crippen molar-refractivity contribution >= 4 is 6.29 Å². The molecule has 1 rings (SSSR count). The van der Waals surface area contributed by atoms with Gasteiger partial charge in [-0.25, -0.2) is 4.39 Å². The van der Waals surface area contributed by atoms with Crippen molar-refractivity contribution in [2.24, 2.45) is 0 Å². The summed E-state index contributed by atoms with van der Waals surface area (Å²) >= 11 is 0. The normalized spacial score (nSPS) is 9.50. The predicted molar refractivity (Wildman–Crippen MR) is 40.8 cm³/mol. The fourth-order valence-corrected chi connectivity index (χ4v) is 0.766. The minimum absolute atomic E-state index is 0.0644. The topological polar surface area (TPSA) is 39.2 Å². The second-order valence-electron chi connectivity index (χ2n) is 2.09. The Balaban J connectivity index is 2.99. The molecule has 0 fully saturated rings. The summed E-state index contributed by atoms with van der Waals surface area (Å²) in [5.41, 5.74) is 0.167. The number of pyridine rings is 1. The van der Waals surface area contributed by atoms with Gasteiger partial charge in [0.15, 0.2) is 17.9 Å². The first-order chi connectivity index (χ1) is 5.77. The van der Waals surface area contributed by atoms with Crippen LogP contribution in [0.3, 0.4) is 0 Å². The van der Waals surface area contributed by atoms with Gasteiger partial charge in [-0.15, -0.1) is 0 Å². The standard InChI is InChI=1S/C8H8FNO2/c1-2-12-8-3-6(5-11)10-4-7(8)9/h3-5H,2H2,1H3. The summed E-state index contributed by atoms with van der Waals surface area (Å²) in [6, 6.07) is 1.27. The van der Waals surface area contributed by atoms with Crippen molar-refractivity contribution < 1.29 is 13.9 Å². The second kappa shape index (κ2) is 3.80. The monoisotopic (exact) mass is 169 g/mol. The number of rotatable bonds is 3. The molecule has 0 unspecified atom stereocenters. The highest BCUT2D eigenvalue weighted by Crippen LogP contribution is 2.15. The Kier molecular flexibility index (Phi) is 2.74. The highest BCUT2D eigenvalue weighted by atomic mass is 19.1. The first kappa shape index (κ1) is 8.64. The summed E-state index contributed by atoms with van der Waals surface area (Å²) in [4.78, 5) is 13.8. The Hall–Kier alpha value is -1.45. The third-order valence-electron chi connectivity index (χ3n) is 1.26. The number of aldehydes is 1. The average molecular weight is 169 g/mol. The van der Waals surface area contributed by atoms with Crippen LogP contribution in [0.15, 0.2) is 12.3 Å². The molecule has 0 atom stereocenters. The Morgan fingerprint density at radius 3 is 3.08 bits per heavy atom. The van der Waals surface area contributed by atoms with Crippen LogP contribution < -0.4 is 4.74 Å². The van der Waals surface area contributed by atoms with E-state index in [-0.39, 0.29) is 11.4 Å². The van der Waals surface area contributed by atoms with E-state index in [4.69, 9.17) is 4.74 Å². The number of halogens is 1. The van der Waals surface area contributed by atoms with Crippen molar-refractivity contribution in [3.05, 3.63) is 23.8 Å². The molecule has 0 saturated heterocycles. The second-order valence-corrected chi connectivity index (χ2v) is 2.09. The van der Waals surface area contributed by atoms with Crippen LogP contribution in [0.2, 0.25) is 0 Å². The van der Waals surface area contributed by atoms with Gasteiger partial charge in [0.25, 0.3) is 0 Å². The van der Waals surface area contributed by atoms with E-state index in [2.05, 4.69) is 4.98 Å². The lowest BCUT2D eigenvalue weighted by atomic mass is 10.3. The van der Waals surface area contributed by atoms with E-state index in [1.807, 2.05) is 0 Å². The van der Waals surface area contributed by atoms with Gasteiger partial charge in [-0.2, -0.15) is 0 Å². The SMILES string of the molecule is CCOc1cc(C=O)ncc1F. The first-order valence-corrected chi connectivity index (χ1v) is 3.51. The lowest BCUT2D eigenvalue weighted by molar-refractivity contribution is 0.111. The highest BCUT2D eigenvalue weighted by Gasteiger charge is 2.03. The van der Waals surface area contributed by atoms with Gasteiger partial charge in [-0.1, -0.05) is 0 Å². The van der Waals surface area contributed by atoms with Crippen LogP contribution in [-0.2, 0) is 0 Å². The van der Waals surface area contributed by atoms with E-state index in [0.717, 1.165) is 6.20 Å². The van der Waals surface area contributed by atoms with Crippen LogP contribution in [0.1, 0.15) is 17.4 Å². The van der Waals surface area contributed by atoms with Gasteiger partial charge >= 0.3 is 0 Å². The molecule has 0 aromatic carbocycles. The minimum Gasteiger partial charge on any atom is -0.491 e. The van der Waals surface area contributed by atoms with Gasteiger partial charge in [0, 0.05) is 6.07 Å². The molecule has 0 amide bonds. The summed E-state index contributed by atoms with van der Waals surface area (Å²) in [6.45, 7) is 2.10. The molecule has 1 aromatic rings. The van der Waals surface area contributed by atoms with Crippen molar-refractivity contribution in [2.45, 2.75) is 6.92 Å². The average Bonchev–Trinajstić information content (AvgIpc) is 2.09. The predicted octanol–water partition coefficient (Wildman–Crippen LogP) is 1.43. The zero-order chi connectivity index (χ0) is 8.97. The highest BCUT2D eigenvalue weighted by molar-refractivity contribution is 5.72.